The molecule has 110 valence electrons. The first-order chi connectivity index (χ1) is 9.36. The number of nitrogens with zero attached hydrogens (tertiary/aromatic N) is 1. The van der Waals surface area contributed by atoms with Gasteiger partial charge in [0, 0.05) is 17.2 Å². The Morgan fingerprint density at radius 3 is 2.30 bits per heavy atom. The largest absolute Gasteiger partial charge is 0.478 e. The molecular weight excluding hydrogens is 258 g/mol. The van der Waals surface area contributed by atoms with Crippen molar-refractivity contribution in [2.24, 2.45) is 0 Å². The van der Waals surface area contributed by atoms with Gasteiger partial charge in [0.1, 0.15) is 0 Å². The predicted molar refractivity (Wildman–Crippen MR) is 76.8 cm³/mol. The first-order valence-corrected chi connectivity index (χ1v) is 6.10. The van der Waals surface area contributed by atoms with Crippen LogP contribution >= 0.6 is 0 Å². The second-order valence-corrected chi connectivity index (χ2v) is 3.94. The fraction of sp³-hybridized carbons (Fsp3) is 0.400. The molecule has 0 aliphatic rings. The lowest BCUT2D eigenvalue weighted by atomic mass is 10.2. The van der Waals surface area contributed by atoms with Crippen molar-refractivity contribution in [1.82, 2.24) is 0 Å². The Morgan fingerprint density at radius 2 is 1.90 bits per heavy atom. The Labute approximate surface area is 119 Å². The number of esters is 1. The summed E-state index contributed by atoms with van der Waals surface area (Å²) in [6.07, 6.45) is 5.06. The monoisotopic (exact) mass is 279 g/mol. The minimum Gasteiger partial charge on any atom is -0.478 e. The van der Waals surface area contributed by atoms with Crippen molar-refractivity contribution < 1.29 is 19.4 Å². The Bertz CT molecular complexity index is 416. The van der Waals surface area contributed by atoms with Crippen LogP contribution in [0.1, 0.15) is 33.1 Å². The van der Waals surface area contributed by atoms with Gasteiger partial charge in [0.05, 0.1) is 12.7 Å². The molecule has 0 atom stereocenters. The van der Waals surface area contributed by atoms with Crippen LogP contribution in [0.25, 0.3) is 0 Å². The van der Waals surface area contributed by atoms with Gasteiger partial charge < -0.3 is 9.84 Å². The lowest BCUT2D eigenvalue weighted by Crippen LogP contribution is -2.05. The highest BCUT2D eigenvalue weighted by molar-refractivity contribution is 5.87. The van der Waals surface area contributed by atoms with E-state index in [1.807, 2.05) is 0 Å². The Morgan fingerprint density at radius 1 is 1.35 bits per heavy atom. The predicted octanol–water partition coefficient (Wildman–Crippen LogP) is 3.00. The van der Waals surface area contributed by atoms with Crippen LogP contribution in [0.4, 0.5) is 0 Å². The van der Waals surface area contributed by atoms with Gasteiger partial charge in [-0.15, -0.1) is 0 Å². The van der Waals surface area contributed by atoms with E-state index >= 15 is 0 Å². The summed E-state index contributed by atoms with van der Waals surface area (Å²) in [6.45, 7) is 10.1. The van der Waals surface area contributed by atoms with E-state index in [0.717, 1.165) is 12.8 Å². The molecule has 0 amide bonds. The van der Waals surface area contributed by atoms with Gasteiger partial charge in [0.25, 0.3) is 0 Å². The quantitative estimate of drug-likeness (QED) is 0.335. The third-order valence-electron chi connectivity index (χ3n) is 2.06. The summed E-state index contributed by atoms with van der Waals surface area (Å²) in [4.78, 5) is 21.4. The number of unbranched alkanes of at least 4 members (excludes halogenated alkanes) is 2. The molecule has 0 fully saturated rings. The van der Waals surface area contributed by atoms with Gasteiger partial charge in [-0.25, -0.2) is 9.59 Å². The number of hydrogen-bond donors (Lipinski definition) is 1. The van der Waals surface area contributed by atoms with Crippen LogP contribution < -0.4 is 0 Å². The zero-order valence-corrected chi connectivity index (χ0v) is 12.0. The second-order valence-electron chi connectivity index (χ2n) is 3.94. The van der Waals surface area contributed by atoms with Crippen LogP contribution in [0.3, 0.4) is 0 Å². The average Bonchev–Trinajstić information content (AvgIpc) is 2.41. The number of carbonyl (C=O) groups is 2. The number of rotatable bonds is 7. The van der Waals surface area contributed by atoms with E-state index in [9.17, 15) is 9.59 Å². The van der Waals surface area contributed by atoms with Crippen molar-refractivity contribution in [1.29, 1.82) is 5.26 Å². The summed E-state index contributed by atoms with van der Waals surface area (Å²) in [5.41, 5.74) is 0.737. The molecule has 0 radical (unpaired) electrons. The molecule has 0 rings (SSSR count). The molecule has 0 bridgehead atoms. The van der Waals surface area contributed by atoms with Gasteiger partial charge in [0.2, 0.25) is 0 Å². The minimum atomic E-state index is -0.895. The maximum absolute atomic E-state index is 11.0. The molecule has 20 heavy (non-hydrogen) atoms. The fourth-order valence-corrected chi connectivity index (χ4v) is 0.940. The summed E-state index contributed by atoms with van der Waals surface area (Å²) in [5, 5.41) is 16.1. The lowest BCUT2D eigenvalue weighted by molar-refractivity contribution is -0.139. The molecule has 0 spiro atoms. The summed E-state index contributed by atoms with van der Waals surface area (Å²) in [5.74, 6) is -1.27. The number of hydrogen-bond acceptors (Lipinski definition) is 4. The number of carboxylic acids is 1. The highest BCUT2D eigenvalue weighted by Crippen LogP contribution is 2.02. The van der Waals surface area contributed by atoms with E-state index in [0.29, 0.717) is 24.2 Å². The van der Waals surface area contributed by atoms with E-state index in [4.69, 9.17) is 15.1 Å². The summed E-state index contributed by atoms with van der Waals surface area (Å²) < 4.78 is 4.88. The fourth-order valence-electron chi connectivity index (χ4n) is 0.940. The summed E-state index contributed by atoms with van der Waals surface area (Å²) >= 11 is 0. The molecular formula is C15H21NO4. The van der Waals surface area contributed by atoms with E-state index in [2.05, 4.69) is 13.2 Å². The number of ether oxygens (including phenoxy) is 1. The molecule has 0 aromatic rings. The number of nitriles is 1. The van der Waals surface area contributed by atoms with Crippen LogP contribution in [0.15, 0.2) is 36.5 Å². The van der Waals surface area contributed by atoms with Crippen molar-refractivity contribution >= 4 is 11.9 Å². The van der Waals surface area contributed by atoms with Gasteiger partial charge in [-0.3, -0.25) is 0 Å². The summed E-state index contributed by atoms with van der Waals surface area (Å²) in [7, 11) is 0. The van der Waals surface area contributed by atoms with Gasteiger partial charge in [0.15, 0.2) is 0 Å². The van der Waals surface area contributed by atoms with E-state index < -0.39 is 5.97 Å². The van der Waals surface area contributed by atoms with E-state index in [1.165, 1.54) is 6.08 Å². The molecule has 0 saturated carbocycles. The maximum Gasteiger partial charge on any atom is 0.333 e. The minimum absolute atomic E-state index is 0.346. The molecule has 0 heterocycles. The first-order valence-electron chi connectivity index (χ1n) is 6.10. The molecule has 0 aromatic carbocycles. The van der Waals surface area contributed by atoms with E-state index in [1.54, 1.807) is 26.0 Å². The van der Waals surface area contributed by atoms with Crippen LogP contribution in [-0.4, -0.2) is 23.7 Å². The number of carboxylic acid groups (broad SMARTS) is 1. The molecule has 0 unspecified atom stereocenters. The third kappa shape index (κ3) is 13.7. The maximum atomic E-state index is 11.0. The van der Waals surface area contributed by atoms with Gasteiger partial charge in [-0.2, -0.15) is 5.26 Å². The molecule has 5 heteroatoms. The summed E-state index contributed by atoms with van der Waals surface area (Å²) in [6, 6.07) is 1.69. The zero-order valence-electron chi connectivity index (χ0n) is 12.0. The van der Waals surface area contributed by atoms with Crippen molar-refractivity contribution in [3.05, 3.63) is 36.5 Å². The second kappa shape index (κ2) is 13.1. The third-order valence-corrected chi connectivity index (χ3v) is 2.06. The molecule has 0 aliphatic heterocycles. The Kier molecular flexibility index (Phi) is 13.1. The average molecular weight is 279 g/mol. The van der Waals surface area contributed by atoms with Gasteiger partial charge in [-0.05, 0) is 33.1 Å². The van der Waals surface area contributed by atoms with Gasteiger partial charge >= 0.3 is 11.9 Å². The zero-order chi connectivity index (χ0) is 16.0. The smallest absolute Gasteiger partial charge is 0.333 e. The standard InChI is InChI=1S/C12H18O4.C3H3N/c1-9(2)12(15)16-8-6-4-5-7-10(3)11(13)14;1-2-3-4/h7H,1,4-6,8H2,2-3H3,(H,13,14);2H,1H2. The molecule has 0 aliphatic carbocycles. The lowest BCUT2D eigenvalue weighted by Gasteiger charge is -2.02. The SMILES string of the molecule is C=C(C)C(=O)OCCCCC=C(C)C(=O)O.C=CC#N. The highest BCUT2D eigenvalue weighted by atomic mass is 16.5. The van der Waals surface area contributed by atoms with Crippen LogP contribution in [0, 0.1) is 11.3 Å². The van der Waals surface area contributed by atoms with Gasteiger partial charge in [-0.1, -0.05) is 19.2 Å². The van der Waals surface area contributed by atoms with Crippen molar-refractivity contribution in [2.75, 3.05) is 6.61 Å². The van der Waals surface area contributed by atoms with Crippen LogP contribution in [-0.2, 0) is 14.3 Å². The number of aliphatic carboxylic acids is 1. The van der Waals surface area contributed by atoms with Crippen molar-refractivity contribution in [3.63, 3.8) is 0 Å². The van der Waals surface area contributed by atoms with Crippen molar-refractivity contribution in [2.45, 2.75) is 33.1 Å². The Balaban J connectivity index is 0. The number of allylic oxidation sites excluding steroid dienone is 2. The van der Waals surface area contributed by atoms with E-state index in [-0.39, 0.29) is 5.97 Å². The molecule has 5 nitrogen and oxygen atoms in total. The molecule has 0 saturated heterocycles. The van der Waals surface area contributed by atoms with Crippen LogP contribution in [0.2, 0.25) is 0 Å². The molecule has 0 aromatic heterocycles. The topological polar surface area (TPSA) is 87.4 Å². The first kappa shape index (κ1) is 20.0. The highest BCUT2D eigenvalue weighted by Gasteiger charge is 2.02. The number of carbonyl (C=O) groups excluding carboxylic acids is 1. The normalized spacial score (nSPS) is 9.55. The Hall–Kier alpha value is -2.35. The van der Waals surface area contributed by atoms with Crippen molar-refractivity contribution in [3.8, 4) is 6.07 Å². The molecule has 1 N–H and O–H groups in total. The van der Waals surface area contributed by atoms with Crippen LogP contribution in [0.5, 0.6) is 0 Å².